The van der Waals surface area contributed by atoms with E-state index < -0.39 is 0 Å². The number of halogens is 1. The van der Waals surface area contributed by atoms with E-state index in [1.54, 1.807) is 32.2 Å². The summed E-state index contributed by atoms with van der Waals surface area (Å²) in [5, 5.41) is 23.4. The third kappa shape index (κ3) is 15.3. The molecule has 3 heterocycles. The highest BCUT2D eigenvalue weighted by Gasteiger charge is 2.25. The summed E-state index contributed by atoms with van der Waals surface area (Å²) in [5.74, 6) is -0.510. The zero-order valence-electron chi connectivity index (χ0n) is 44.8. The third-order valence-corrected chi connectivity index (χ3v) is 12.6. The van der Waals surface area contributed by atoms with Crippen molar-refractivity contribution in [3.05, 3.63) is 275 Å². The van der Waals surface area contributed by atoms with E-state index in [0.29, 0.717) is 41.7 Å². The highest BCUT2D eigenvalue weighted by molar-refractivity contribution is 6.30. The molecule has 0 spiro atoms. The number of amides is 3. The lowest BCUT2D eigenvalue weighted by Gasteiger charge is -2.14. The van der Waals surface area contributed by atoms with Gasteiger partial charge in [-0.15, -0.1) is 0 Å². The van der Waals surface area contributed by atoms with E-state index in [0.717, 1.165) is 56.4 Å². The Morgan fingerprint density at radius 1 is 0.449 bits per heavy atom. The highest BCUT2D eigenvalue weighted by atomic mass is 35.5. The molecule has 13 heteroatoms. The number of rotatable bonds is 13. The molecule has 10 aromatic rings. The molecular formula is C65H64ClN9O3. The predicted molar refractivity (Wildman–Crippen MR) is 313 cm³/mol. The zero-order valence-corrected chi connectivity index (χ0v) is 45.5. The molecule has 0 fully saturated rings. The molecule has 3 N–H and O–H groups in total. The van der Waals surface area contributed by atoms with E-state index in [4.69, 9.17) is 21.8 Å². The van der Waals surface area contributed by atoms with E-state index >= 15 is 0 Å². The maximum absolute atomic E-state index is 12.8. The molecule has 10 rings (SSSR count). The first-order valence-corrected chi connectivity index (χ1v) is 26.2. The average Bonchev–Trinajstić information content (AvgIpc) is 4.24. The summed E-state index contributed by atoms with van der Waals surface area (Å²) >= 11 is 6.01. The fraction of sp³-hybridized carbons (Fsp3) is 0.169. The van der Waals surface area contributed by atoms with Crippen molar-refractivity contribution in [2.75, 3.05) is 10.6 Å². The molecule has 0 bridgehead atoms. The average molecular weight is 1050 g/mol. The van der Waals surface area contributed by atoms with Crippen molar-refractivity contribution in [3.8, 4) is 16.9 Å². The molecule has 7 aromatic carbocycles. The third-order valence-electron chi connectivity index (χ3n) is 12.4. The lowest BCUT2D eigenvalue weighted by Crippen LogP contribution is -2.26. The minimum atomic E-state index is -0.258. The second-order valence-electron chi connectivity index (χ2n) is 20.6. The largest absolute Gasteiger partial charge is 0.347 e. The molecule has 3 amide bonds. The second-order valence-corrected chi connectivity index (χ2v) is 21.0. The van der Waals surface area contributed by atoms with Gasteiger partial charge in [0.1, 0.15) is 11.4 Å². The minimum absolute atomic E-state index is 0.104. The fourth-order valence-corrected chi connectivity index (χ4v) is 8.20. The predicted octanol–water partition coefficient (Wildman–Crippen LogP) is 14.1. The van der Waals surface area contributed by atoms with Gasteiger partial charge in [-0.3, -0.25) is 23.7 Å². The van der Waals surface area contributed by atoms with Crippen molar-refractivity contribution in [2.45, 2.75) is 72.0 Å². The molecule has 0 unspecified atom stereocenters. The van der Waals surface area contributed by atoms with Gasteiger partial charge in [0.05, 0.1) is 35.9 Å². The van der Waals surface area contributed by atoms with Crippen LogP contribution in [0.5, 0.6) is 0 Å². The van der Waals surface area contributed by atoms with Crippen LogP contribution >= 0.6 is 11.6 Å². The van der Waals surface area contributed by atoms with Gasteiger partial charge in [0.15, 0.2) is 5.69 Å². The van der Waals surface area contributed by atoms with Gasteiger partial charge < -0.3 is 16.0 Å². The van der Waals surface area contributed by atoms with Crippen LogP contribution in [0.25, 0.3) is 16.9 Å². The molecule has 12 nitrogen and oxygen atoms in total. The number of hydrogen-bond acceptors (Lipinski definition) is 6. The lowest BCUT2D eigenvalue weighted by molar-refractivity contribution is 0.0939. The number of para-hydroxylation sites is 2. The Bertz CT molecular complexity index is 3510. The van der Waals surface area contributed by atoms with Gasteiger partial charge in [0.25, 0.3) is 17.7 Å². The monoisotopic (exact) mass is 1050 g/mol. The van der Waals surface area contributed by atoms with Gasteiger partial charge in [-0.2, -0.15) is 15.3 Å². The van der Waals surface area contributed by atoms with E-state index in [1.165, 1.54) is 0 Å². The number of carbonyl (C=O) groups excluding carboxylic acids is 3. The van der Waals surface area contributed by atoms with Crippen molar-refractivity contribution >= 4 is 40.7 Å². The molecule has 0 atom stereocenters. The lowest BCUT2D eigenvalue weighted by atomic mass is 9.92. The van der Waals surface area contributed by atoms with E-state index in [1.807, 2.05) is 206 Å². The molecule has 394 valence electrons. The number of benzene rings is 7. The topological polar surface area (TPSA) is 141 Å². The SMILES string of the molecule is CC(C)(C)c1cc(C(=O)NCc2ccccc2)n(Cc2ccccc2)n1.CC(C)(C)c1cc(C(=O)Nc2ccccc2)n(Cc2ccccc2)n1.O=C(Nc1ccccc1)c1cc(-c2ccccc2)n(-c2ccc(Cl)cc2)n1. The summed E-state index contributed by atoms with van der Waals surface area (Å²) in [5.41, 5.74) is 10.5. The fourth-order valence-electron chi connectivity index (χ4n) is 8.07. The van der Waals surface area contributed by atoms with E-state index in [-0.39, 0.29) is 28.6 Å². The quantitative estimate of drug-likeness (QED) is 0.105. The van der Waals surface area contributed by atoms with Crippen LogP contribution in [0.3, 0.4) is 0 Å². The van der Waals surface area contributed by atoms with Gasteiger partial charge in [0.2, 0.25) is 0 Å². The first-order valence-electron chi connectivity index (χ1n) is 25.8. The standard InChI is InChI=1S/C22H16ClN3O.C22H25N3O.C21H23N3O/c23-17-11-13-19(14-12-17)26-21(16-7-3-1-4-8-16)15-20(25-26)22(27)24-18-9-5-2-6-10-18;1-22(2,3)20-14-19(21(26)23-15-17-10-6-4-7-11-17)25(24-20)16-18-12-8-5-9-13-18;1-21(2,3)19-14-18(20(25)22-17-12-8-5-9-13-17)24(23-19)15-16-10-6-4-7-11-16/h1-15H,(H,24,27);4-14H,15-16H2,1-3H3,(H,23,26);4-14H,15H2,1-3H3,(H,22,25). The van der Waals surface area contributed by atoms with Gasteiger partial charge in [-0.1, -0.05) is 211 Å². The summed E-state index contributed by atoms with van der Waals surface area (Å²) in [6, 6.07) is 71.6. The minimum Gasteiger partial charge on any atom is -0.347 e. The number of anilines is 2. The molecule has 0 aliphatic carbocycles. The summed E-state index contributed by atoms with van der Waals surface area (Å²) in [7, 11) is 0. The number of aromatic nitrogens is 6. The van der Waals surface area contributed by atoms with Crippen molar-refractivity contribution in [1.82, 2.24) is 34.7 Å². The Labute approximate surface area is 461 Å². The molecule has 3 aromatic heterocycles. The number of nitrogens with zero attached hydrogens (tertiary/aromatic N) is 6. The maximum atomic E-state index is 12.8. The van der Waals surface area contributed by atoms with Crippen molar-refractivity contribution < 1.29 is 14.4 Å². The van der Waals surface area contributed by atoms with Crippen molar-refractivity contribution in [3.63, 3.8) is 0 Å². The molecule has 0 aliphatic rings. The molecule has 0 radical (unpaired) electrons. The summed E-state index contributed by atoms with van der Waals surface area (Å²) in [4.78, 5) is 38.3. The normalized spacial score (nSPS) is 11.1. The Morgan fingerprint density at radius 3 is 1.29 bits per heavy atom. The Balaban J connectivity index is 0.000000155. The van der Waals surface area contributed by atoms with E-state index in [9.17, 15) is 14.4 Å². The molecule has 0 saturated heterocycles. The van der Waals surface area contributed by atoms with Crippen LogP contribution < -0.4 is 16.0 Å². The first-order chi connectivity index (χ1) is 37.6. The molecule has 78 heavy (non-hydrogen) atoms. The van der Waals surface area contributed by atoms with Gasteiger partial charge in [-0.25, -0.2) is 4.68 Å². The van der Waals surface area contributed by atoms with Crippen LogP contribution in [0.1, 0.15) is 101 Å². The van der Waals surface area contributed by atoms with Crippen LogP contribution in [0.2, 0.25) is 5.02 Å². The summed E-state index contributed by atoms with van der Waals surface area (Å²) in [6.07, 6.45) is 0. The van der Waals surface area contributed by atoms with Gasteiger partial charge in [0, 0.05) is 39.3 Å². The first kappa shape index (κ1) is 55.1. The Kier molecular flexibility index (Phi) is 18.1. The van der Waals surface area contributed by atoms with E-state index in [2.05, 4.69) is 62.6 Å². The van der Waals surface area contributed by atoms with Crippen molar-refractivity contribution in [1.29, 1.82) is 0 Å². The number of nitrogens with one attached hydrogen (secondary N) is 3. The second kappa shape index (κ2) is 25.6. The van der Waals surface area contributed by atoms with Crippen LogP contribution in [0.4, 0.5) is 11.4 Å². The van der Waals surface area contributed by atoms with Crippen molar-refractivity contribution in [2.24, 2.45) is 0 Å². The zero-order chi connectivity index (χ0) is 55.1. The molecule has 0 saturated carbocycles. The molecule has 0 aliphatic heterocycles. The highest BCUT2D eigenvalue weighted by Crippen LogP contribution is 2.27. The number of hydrogen-bond donors (Lipinski definition) is 3. The van der Waals surface area contributed by atoms with Crippen LogP contribution in [0, 0.1) is 0 Å². The summed E-state index contributed by atoms with van der Waals surface area (Å²) in [6.45, 7) is 14.2. The Hall–Kier alpha value is -9.13. The molecular weight excluding hydrogens is 990 g/mol. The maximum Gasteiger partial charge on any atom is 0.276 e. The van der Waals surface area contributed by atoms with Gasteiger partial charge >= 0.3 is 0 Å². The van der Waals surface area contributed by atoms with Crippen LogP contribution in [-0.4, -0.2) is 47.1 Å². The smallest absolute Gasteiger partial charge is 0.276 e. The van der Waals surface area contributed by atoms with Crippen LogP contribution in [-0.2, 0) is 30.5 Å². The number of carbonyl (C=O) groups is 3. The van der Waals surface area contributed by atoms with Gasteiger partial charge in [-0.05, 0) is 83.4 Å². The summed E-state index contributed by atoms with van der Waals surface area (Å²) < 4.78 is 5.34. The Morgan fingerprint density at radius 2 is 0.846 bits per heavy atom. The van der Waals surface area contributed by atoms with Crippen LogP contribution in [0.15, 0.2) is 224 Å².